The monoisotopic (exact) mass is 706 g/mol. The number of carboxylic acids is 2. The number of carbonyl (C=O) groups excluding carboxylic acids is 2. The standard InChI is InChI=1S/C26H24Cl6O10/c1-3-5-9(23(35)36)7-11-13(27)17(31)21(19(33)15(11)29)41-25(39)26(40)42-22-18(32)14(28)12(16(30)20(22)34)8-10(6-4-2)24(37)38/h9-10,33-34H,3-8H2,1-2H3,(H,35,36)(H,37,38). The Kier molecular flexibility index (Phi) is 13.2. The number of hydrogen-bond acceptors (Lipinski definition) is 8. The second-order valence-corrected chi connectivity index (χ2v) is 11.3. The Morgan fingerprint density at radius 1 is 0.595 bits per heavy atom. The first-order valence-corrected chi connectivity index (χ1v) is 14.5. The number of carbonyl (C=O) groups is 4. The zero-order valence-electron chi connectivity index (χ0n) is 21.9. The van der Waals surface area contributed by atoms with E-state index in [9.17, 15) is 39.6 Å². The third-order valence-electron chi connectivity index (χ3n) is 6.12. The minimum atomic E-state index is -1.78. The molecule has 2 aromatic carbocycles. The van der Waals surface area contributed by atoms with Crippen molar-refractivity contribution in [2.24, 2.45) is 11.8 Å². The van der Waals surface area contributed by atoms with Crippen LogP contribution in [0.3, 0.4) is 0 Å². The molecule has 0 aliphatic rings. The van der Waals surface area contributed by atoms with E-state index in [-0.39, 0.29) is 46.9 Å². The molecule has 2 unspecified atom stereocenters. The van der Waals surface area contributed by atoms with Gasteiger partial charge in [-0.15, -0.1) is 0 Å². The van der Waals surface area contributed by atoms with Crippen LogP contribution in [-0.2, 0) is 32.0 Å². The van der Waals surface area contributed by atoms with E-state index in [0.717, 1.165) is 0 Å². The summed E-state index contributed by atoms with van der Waals surface area (Å²) < 4.78 is 9.72. The van der Waals surface area contributed by atoms with Crippen LogP contribution in [0.2, 0.25) is 30.1 Å². The quantitative estimate of drug-likeness (QED) is 0.0745. The summed E-state index contributed by atoms with van der Waals surface area (Å²) in [5, 5.41) is 37.3. The molecule has 16 heteroatoms. The van der Waals surface area contributed by atoms with Crippen molar-refractivity contribution in [3.05, 3.63) is 41.3 Å². The molecule has 2 rings (SSSR count). The first-order valence-electron chi connectivity index (χ1n) is 12.2. The van der Waals surface area contributed by atoms with Crippen molar-refractivity contribution in [1.29, 1.82) is 0 Å². The highest BCUT2D eigenvalue weighted by atomic mass is 35.5. The number of hydrogen-bond donors (Lipinski definition) is 4. The smallest absolute Gasteiger partial charge is 0.423 e. The van der Waals surface area contributed by atoms with Gasteiger partial charge in [-0.1, -0.05) is 96.3 Å². The lowest BCUT2D eigenvalue weighted by Crippen LogP contribution is -2.26. The molecular weight excluding hydrogens is 685 g/mol. The molecule has 0 fully saturated rings. The number of phenolic OH excluding ortho intramolecular Hbond substituents is 2. The molecule has 0 aliphatic heterocycles. The van der Waals surface area contributed by atoms with Gasteiger partial charge in [0.1, 0.15) is 10.0 Å². The summed E-state index contributed by atoms with van der Waals surface area (Å²) >= 11 is 37.1. The molecule has 0 saturated carbocycles. The van der Waals surface area contributed by atoms with Crippen molar-refractivity contribution in [1.82, 2.24) is 0 Å². The van der Waals surface area contributed by atoms with E-state index >= 15 is 0 Å². The lowest BCUT2D eigenvalue weighted by molar-refractivity contribution is -0.156. The van der Waals surface area contributed by atoms with E-state index in [1.54, 1.807) is 13.8 Å². The van der Waals surface area contributed by atoms with Gasteiger partial charge in [-0.2, -0.15) is 0 Å². The molecule has 42 heavy (non-hydrogen) atoms. The largest absolute Gasteiger partial charge is 0.503 e. The van der Waals surface area contributed by atoms with Crippen LogP contribution in [0.15, 0.2) is 0 Å². The average Bonchev–Trinajstić information content (AvgIpc) is 2.94. The van der Waals surface area contributed by atoms with Crippen LogP contribution < -0.4 is 9.47 Å². The lowest BCUT2D eigenvalue weighted by atomic mass is 9.94. The molecular formula is C26H24Cl6O10. The maximum atomic E-state index is 12.5. The van der Waals surface area contributed by atoms with Crippen LogP contribution in [0.25, 0.3) is 0 Å². The Hall–Kier alpha value is -2.34. The number of esters is 2. The minimum Gasteiger partial charge on any atom is -0.503 e. The molecule has 230 valence electrons. The predicted octanol–water partition coefficient (Wildman–Crippen LogP) is 7.62. The molecule has 2 aromatic rings. The highest BCUT2D eigenvalue weighted by molar-refractivity contribution is 6.47. The highest BCUT2D eigenvalue weighted by Crippen LogP contribution is 2.50. The first kappa shape index (κ1) is 35.9. The van der Waals surface area contributed by atoms with Gasteiger partial charge in [0.05, 0.1) is 31.9 Å². The molecule has 10 nitrogen and oxygen atoms in total. The van der Waals surface area contributed by atoms with E-state index in [1.165, 1.54) is 0 Å². The van der Waals surface area contributed by atoms with Crippen molar-refractivity contribution in [3.8, 4) is 23.0 Å². The van der Waals surface area contributed by atoms with E-state index in [2.05, 4.69) is 0 Å². The first-order chi connectivity index (χ1) is 19.6. The number of carboxylic acid groups (broad SMARTS) is 2. The number of ether oxygens (including phenoxy) is 2. The van der Waals surface area contributed by atoms with E-state index in [0.29, 0.717) is 12.8 Å². The number of benzene rings is 2. The van der Waals surface area contributed by atoms with Gasteiger partial charge in [0.15, 0.2) is 23.0 Å². The average molecular weight is 709 g/mol. The SMILES string of the molecule is CCCC(Cc1c(Cl)c(O)c(OC(=O)C(=O)Oc2c(O)c(Cl)c(CC(CCC)C(=O)O)c(Cl)c2Cl)c(Cl)c1Cl)C(=O)O. The van der Waals surface area contributed by atoms with Gasteiger partial charge >= 0.3 is 23.9 Å². The minimum absolute atomic E-state index is 0.0192. The fourth-order valence-electron chi connectivity index (χ4n) is 3.98. The van der Waals surface area contributed by atoms with Gasteiger partial charge < -0.3 is 29.9 Å². The van der Waals surface area contributed by atoms with Gasteiger partial charge in [-0.25, -0.2) is 9.59 Å². The van der Waals surface area contributed by atoms with Crippen LogP contribution in [0, 0.1) is 11.8 Å². The zero-order chi connectivity index (χ0) is 32.0. The maximum absolute atomic E-state index is 12.5. The Balaban J connectivity index is 2.37. The number of phenols is 2. The van der Waals surface area contributed by atoms with E-state index in [4.69, 9.17) is 79.1 Å². The summed E-state index contributed by atoms with van der Waals surface area (Å²) in [6.45, 7) is 3.55. The predicted molar refractivity (Wildman–Crippen MR) is 157 cm³/mol. The Labute approximate surface area is 269 Å². The summed E-state index contributed by atoms with van der Waals surface area (Å²) in [6, 6.07) is 0. The summed E-state index contributed by atoms with van der Waals surface area (Å²) in [7, 11) is 0. The third kappa shape index (κ3) is 7.98. The second-order valence-electron chi connectivity index (χ2n) is 9.03. The number of halogens is 6. The van der Waals surface area contributed by atoms with Crippen molar-refractivity contribution < 1.29 is 49.1 Å². The third-order valence-corrected chi connectivity index (χ3v) is 8.68. The van der Waals surface area contributed by atoms with E-state index in [1.807, 2.05) is 0 Å². The number of aliphatic carboxylic acids is 2. The Morgan fingerprint density at radius 3 is 1.17 bits per heavy atom. The van der Waals surface area contributed by atoms with Gasteiger partial charge in [-0.05, 0) is 36.8 Å². The number of aromatic hydroxyl groups is 2. The zero-order valence-corrected chi connectivity index (χ0v) is 26.4. The molecule has 0 bridgehead atoms. The van der Waals surface area contributed by atoms with E-state index < -0.39 is 78.8 Å². The fourth-order valence-corrected chi connectivity index (χ4v) is 5.59. The second kappa shape index (κ2) is 15.4. The molecule has 0 heterocycles. The van der Waals surface area contributed by atoms with Gasteiger partial charge in [0, 0.05) is 0 Å². The molecule has 0 saturated heterocycles. The number of rotatable bonds is 12. The topological polar surface area (TPSA) is 168 Å². The highest BCUT2D eigenvalue weighted by Gasteiger charge is 2.32. The summed E-state index contributed by atoms with van der Waals surface area (Å²) in [5.74, 6) is -11.1. The van der Waals surface area contributed by atoms with Gasteiger partial charge in [0.2, 0.25) is 0 Å². The van der Waals surface area contributed by atoms with Crippen LogP contribution in [0.4, 0.5) is 0 Å². The molecule has 0 aromatic heterocycles. The van der Waals surface area contributed by atoms with Gasteiger partial charge in [0.25, 0.3) is 0 Å². The van der Waals surface area contributed by atoms with Crippen LogP contribution >= 0.6 is 69.6 Å². The molecule has 0 spiro atoms. The summed E-state index contributed by atoms with van der Waals surface area (Å²) in [6.07, 6.45) is 1.20. The fraction of sp³-hybridized carbons (Fsp3) is 0.385. The maximum Gasteiger partial charge on any atom is 0.423 e. The van der Waals surface area contributed by atoms with Crippen LogP contribution in [0.1, 0.15) is 50.7 Å². The molecule has 0 aliphatic carbocycles. The molecule has 4 N–H and O–H groups in total. The lowest BCUT2D eigenvalue weighted by Gasteiger charge is -2.18. The van der Waals surface area contributed by atoms with Crippen molar-refractivity contribution >= 4 is 93.5 Å². The van der Waals surface area contributed by atoms with Crippen LogP contribution in [0.5, 0.6) is 23.0 Å². The molecule has 0 amide bonds. The summed E-state index contributed by atoms with van der Waals surface area (Å²) in [4.78, 5) is 48.2. The molecule has 2 atom stereocenters. The normalized spacial score (nSPS) is 12.5. The van der Waals surface area contributed by atoms with Crippen molar-refractivity contribution in [2.75, 3.05) is 0 Å². The Bertz CT molecular complexity index is 1250. The Morgan fingerprint density at radius 2 is 0.905 bits per heavy atom. The van der Waals surface area contributed by atoms with Gasteiger partial charge in [-0.3, -0.25) is 9.59 Å². The van der Waals surface area contributed by atoms with Crippen molar-refractivity contribution in [2.45, 2.75) is 52.4 Å². The molecule has 0 radical (unpaired) electrons. The summed E-state index contributed by atoms with van der Waals surface area (Å²) in [5.41, 5.74) is -0.0385. The van der Waals surface area contributed by atoms with Crippen LogP contribution in [-0.4, -0.2) is 44.3 Å². The van der Waals surface area contributed by atoms with Crippen molar-refractivity contribution in [3.63, 3.8) is 0 Å².